The second kappa shape index (κ2) is 3.81. The molecule has 0 aliphatic carbocycles. The Bertz CT molecular complexity index is 452. The number of benzene rings is 1. The fourth-order valence-electron chi connectivity index (χ4n) is 1.86. The molecule has 2 nitrogen and oxygen atoms in total. The fourth-order valence-corrected chi connectivity index (χ4v) is 1.86. The average Bonchev–Trinajstić information content (AvgIpc) is 2.61. The van der Waals surface area contributed by atoms with Crippen molar-refractivity contribution in [1.29, 1.82) is 0 Å². The molecule has 2 heteroatoms. The van der Waals surface area contributed by atoms with Crippen molar-refractivity contribution in [3.63, 3.8) is 0 Å². The summed E-state index contributed by atoms with van der Waals surface area (Å²) >= 11 is 0. The molecular formula is C13H16N2. The van der Waals surface area contributed by atoms with Crippen LogP contribution < -0.4 is 5.73 Å². The molecule has 1 aromatic heterocycles. The number of rotatable bonds is 2. The summed E-state index contributed by atoms with van der Waals surface area (Å²) in [6.07, 6.45) is 1.04. The van der Waals surface area contributed by atoms with E-state index in [1.807, 2.05) is 12.1 Å². The summed E-state index contributed by atoms with van der Waals surface area (Å²) < 4.78 is 2.26. The molecule has 1 heterocycles. The van der Waals surface area contributed by atoms with Crippen LogP contribution in [0.5, 0.6) is 0 Å². The van der Waals surface area contributed by atoms with Crippen LogP contribution in [0, 0.1) is 6.92 Å². The van der Waals surface area contributed by atoms with Gasteiger partial charge in [-0.15, -0.1) is 0 Å². The SMILES string of the molecule is CCc1ccc(C)n1-c1ccc(N)cc1. The van der Waals surface area contributed by atoms with E-state index in [1.54, 1.807) is 0 Å². The molecule has 0 saturated carbocycles. The van der Waals surface area contributed by atoms with Crippen molar-refractivity contribution in [3.8, 4) is 5.69 Å². The zero-order valence-corrected chi connectivity index (χ0v) is 9.20. The van der Waals surface area contributed by atoms with Gasteiger partial charge < -0.3 is 10.3 Å². The smallest absolute Gasteiger partial charge is 0.0456 e. The molecule has 2 aromatic rings. The predicted octanol–water partition coefficient (Wildman–Crippen LogP) is 2.93. The van der Waals surface area contributed by atoms with E-state index >= 15 is 0 Å². The first kappa shape index (κ1) is 9.84. The highest BCUT2D eigenvalue weighted by atomic mass is 15.0. The van der Waals surface area contributed by atoms with Gasteiger partial charge in [-0.1, -0.05) is 6.92 Å². The zero-order valence-electron chi connectivity index (χ0n) is 9.20. The summed E-state index contributed by atoms with van der Waals surface area (Å²) in [4.78, 5) is 0. The van der Waals surface area contributed by atoms with Crippen molar-refractivity contribution >= 4 is 5.69 Å². The Morgan fingerprint density at radius 1 is 1.07 bits per heavy atom. The number of aryl methyl sites for hydroxylation is 2. The number of aromatic nitrogens is 1. The zero-order chi connectivity index (χ0) is 10.8. The van der Waals surface area contributed by atoms with Gasteiger partial charge in [0.25, 0.3) is 0 Å². The average molecular weight is 200 g/mol. The Balaban J connectivity index is 2.52. The molecule has 0 unspecified atom stereocenters. The number of nitrogens with two attached hydrogens (primary N) is 1. The van der Waals surface area contributed by atoms with Gasteiger partial charge in [0.15, 0.2) is 0 Å². The van der Waals surface area contributed by atoms with Gasteiger partial charge >= 0.3 is 0 Å². The monoisotopic (exact) mass is 200 g/mol. The van der Waals surface area contributed by atoms with Gasteiger partial charge in [-0.05, 0) is 49.7 Å². The van der Waals surface area contributed by atoms with Gasteiger partial charge in [0, 0.05) is 22.8 Å². The first-order valence-corrected chi connectivity index (χ1v) is 5.25. The maximum atomic E-state index is 5.68. The van der Waals surface area contributed by atoms with Gasteiger partial charge in [0.05, 0.1) is 0 Å². The van der Waals surface area contributed by atoms with Crippen LogP contribution in [0.4, 0.5) is 5.69 Å². The lowest BCUT2D eigenvalue weighted by molar-refractivity contribution is 0.906. The van der Waals surface area contributed by atoms with E-state index in [9.17, 15) is 0 Å². The van der Waals surface area contributed by atoms with Crippen molar-refractivity contribution in [3.05, 3.63) is 47.8 Å². The standard InChI is InChI=1S/C13H16N2/c1-3-12-7-4-10(2)15(12)13-8-5-11(14)6-9-13/h4-9H,3,14H2,1-2H3. The van der Waals surface area contributed by atoms with E-state index < -0.39 is 0 Å². The van der Waals surface area contributed by atoms with Crippen molar-refractivity contribution in [2.45, 2.75) is 20.3 Å². The minimum absolute atomic E-state index is 0.807. The third-order valence-corrected chi connectivity index (χ3v) is 2.67. The van der Waals surface area contributed by atoms with Crippen LogP contribution in [0.1, 0.15) is 18.3 Å². The van der Waals surface area contributed by atoms with Crippen molar-refractivity contribution in [1.82, 2.24) is 4.57 Å². The Kier molecular flexibility index (Phi) is 2.50. The van der Waals surface area contributed by atoms with Crippen LogP contribution in [-0.2, 0) is 6.42 Å². The first-order chi connectivity index (χ1) is 7.22. The van der Waals surface area contributed by atoms with Crippen LogP contribution >= 0.6 is 0 Å². The van der Waals surface area contributed by atoms with E-state index in [4.69, 9.17) is 5.73 Å². The maximum Gasteiger partial charge on any atom is 0.0456 e. The molecule has 0 radical (unpaired) electrons. The van der Waals surface area contributed by atoms with Crippen molar-refractivity contribution in [2.75, 3.05) is 5.73 Å². The highest BCUT2D eigenvalue weighted by molar-refractivity contribution is 5.47. The molecule has 15 heavy (non-hydrogen) atoms. The van der Waals surface area contributed by atoms with Gasteiger partial charge in [-0.2, -0.15) is 0 Å². The molecule has 78 valence electrons. The molecule has 0 aliphatic heterocycles. The molecule has 2 rings (SSSR count). The third-order valence-electron chi connectivity index (χ3n) is 2.67. The summed E-state index contributed by atoms with van der Waals surface area (Å²) in [7, 11) is 0. The second-order valence-electron chi connectivity index (χ2n) is 3.75. The van der Waals surface area contributed by atoms with Crippen LogP contribution in [0.3, 0.4) is 0 Å². The molecule has 0 bridgehead atoms. The largest absolute Gasteiger partial charge is 0.399 e. The summed E-state index contributed by atoms with van der Waals surface area (Å²) in [5.74, 6) is 0. The predicted molar refractivity (Wildman–Crippen MR) is 64.3 cm³/mol. The Hall–Kier alpha value is -1.70. The first-order valence-electron chi connectivity index (χ1n) is 5.25. The number of nitrogens with zero attached hydrogens (tertiary/aromatic N) is 1. The van der Waals surface area contributed by atoms with Crippen LogP contribution in [0.25, 0.3) is 5.69 Å². The maximum absolute atomic E-state index is 5.68. The van der Waals surface area contributed by atoms with E-state index in [0.717, 1.165) is 12.1 Å². The van der Waals surface area contributed by atoms with Gasteiger partial charge in [-0.25, -0.2) is 0 Å². The van der Waals surface area contributed by atoms with Gasteiger partial charge in [0.1, 0.15) is 0 Å². The minimum atomic E-state index is 0.807. The highest BCUT2D eigenvalue weighted by Crippen LogP contribution is 2.18. The molecule has 0 spiro atoms. The topological polar surface area (TPSA) is 30.9 Å². The quantitative estimate of drug-likeness (QED) is 0.742. The Morgan fingerprint density at radius 3 is 2.33 bits per heavy atom. The molecule has 2 N–H and O–H groups in total. The minimum Gasteiger partial charge on any atom is -0.399 e. The third kappa shape index (κ3) is 1.75. The number of nitrogen functional groups attached to an aromatic ring is 1. The van der Waals surface area contributed by atoms with Gasteiger partial charge in [0.2, 0.25) is 0 Å². The summed E-state index contributed by atoms with van der Waals surface area (Å²) in [6.45, 7) is 4.29. The summed E-state index contributed by atoms with van der Waals surface area (Å²) in [5.41, 5.74) is 10.3. The Labute approximate surface area is 90.3 Å². The molecule has 0 fully saturated rings. The van der Waals surface area contributed by atoms with E-state index in [1.165, 1.54) is 17.1 Å². The van der Waals surface area contributed by atoms with Crippen molar-refractivity contribution < 1.29 is 0 Å². The summed E-state index contributed by atoms with van der Waals surface area (Å²) in [6, 6.07) is 12.3. The lowest BCUT2D eigenvalue weighted by Gasteiger charge is -2.10. The van der Waals surface area contributed by atoms with Crippen LogP contribution in [0.2, 0.25) is 0 Å². The highest BCUT2D eigenvalue weighted by Gasteiger charge is 2.04. The summed E-state index contributed by atoms with van der Waals surface area (Å²) in [5, 5.41) is 0. The number of hydrogen-bond acceptors (Lipinski definition) is 1. The fraction of sp³-hybridized carbons (Fsp3) is 0.231. The lowest BCUT2D eigenvalue weighted by atomic mass is 10.2. The van der Waals surface area contributed by atoms with Crippen LogP contribution in [-0.4, -0.2) is 4.57 Å². The molecular weight excluding hydrogens is 184 g/mol. The van der Waals surface area contributed by atoms with E-state index in [0.29, 0.717) is 0 Å². The molecule has 0 amide bonds. The van der Waals surface area contributed by atoms with E-state index in [-0.39, 0.29) is 0 Å². The van der Waals surface area contributed by atoms with Crippen molar-refractivity contribution in [2.24, 2.45) is 0 Å². The van der Waals surface area contributed by atoms with Crippen LogP contribution in [0.15, 0.2) is 36.4 Å². The molecule has 0 aliphatic rings. The molecule has 1 aromatic carbocycles. The number of hydrogen-bond donors (Lipinski definition) is 1. The normalized spacial score (nSPS) is 10.5. The molecule has 0 atom stereocenters. The molecule has 0 saturated heterocycles. The van der Waals surface area contributed by atoms with Gasteiger partial charge in [-0.3, -0.25) is 0 Å². The lowest BCUT2D eigenvalue weighted by Crippen LogP contribution is -2.01. The second-order valence-corrected chi connectivity index (χ2v) is 3.75. The number of anilines is 1. The van der Waals surface area contributed by atoms with E-state index in [2.05, 4.69) is 42.7 Å². The Morgan fingerprint density at radius 2 is 1.73 bits per heavy atom.